The minimum atomic E-state index is -0.514. The van der Waals surface area contributed by atoms with Crippen molar-refractivity contribution in [3.05, 3.63) is 35.4 Å². The van der Waals surface area contributed by atoms with Gasteiger partial charge in [-0.25, -0.2) is 8.78 Å². The molecular weight excluding hydrogens is 228 g/mol. The summed E-state index contributed by atoms with van der Waals surface area (Å²) in [6.45, 7) is 2.92. The first-order valence-corrected chi connectivity index (χ1v) is 6.75. The summed E-state index contributed by atoms with van der Waals surface area (Å²) >= 11 is 1.66. The predicted molar refractivity (Wildman–Crippen MR) is 65.8 cm³/mol. The maximum atomic E-state index is 13.1. The molecule has 0 fully saturated rings. The number of rotatable bonds is 6. The zero-order valence-electron chi connectivity index (χ0n) is 9.59. The lowest BCUT2D eigenvalue weighted by atomic mass is 10.1. The van der Waals surface area contributed by atoms with Gasteiger partial charge in [-0.1, -0.05) is 6.92 Å². The number of thioether (sulfide) groups is 1. The summed E-state index contributed by atoms with van der Waals surface area (Å²) in [6.07, 6.45) is 2.99. The largest absolute Gasteiger partial charge is 0.309 e. The molecule has 0 aliphatic carbocycles. The molecule has 0 aromatic heterocycles. The number of nitrogens with one attached hydrogen (secondary N) is 1. The van der Waals surface area contributed by atoms with E-state index in [1.54, 1.807) is 11.8 Å². The molecule has 16 heavy (non-hydrogen) atoms. The van der Waals surface area contributed by atoms with Gasteiger partial charge >= 0.3 is 0 Å². The van der Waals surface area contributed by atoms with E-state index >= 15 is 0 Å². The lowest BCUT2D eigenvalue weighted by Gasteiger charge is -2.18. The summed E-state index contributed by atoms with van der Waals surface area (Å²) in [5.74, 6) is -0.220. The molecule has 0 bridgehead atoms. The monoisotopic (exact) mass is 245 g/mol. The molecule has 1 aromatic carbocycles. The normalized spacial score (nSPS) is 12.8. The van der Waals surface area contributed by atoms with E-state index < -0.39 is 11.6 Å². The van der Waals surface area contributed by atoms with Crippen LogP contribution in [-0.4, -0.2) is 18.6 Å². The Kier molecular flexibility index (Phi) is 5.77. The Bertz CT molecular complexity index is 311. The van der Waals surface area contributed by atoms with E-state index in [0.29, 0.717) is 5.56 Å². The second-order valence-electron chi connectivity index (χ2n) is 3.66. The topological polar surface area (TPSA) is 12.0 Å². The minimum absolute atomic E-state index is 0.0140. The zero-order valence-corrected chi connectivity index (χ0v) is 10.4. The fourth-order valence-corrected chi connectivity index (χ4v) is 2.18. The zero-order chi connectivity index (χ0) is 12.0. The van der Waals surface area contributed by atoms with Crippen LogP contribution in [0, 0.1) is 11.6 Å². The highest BCUT2D eigenvalue weighted by atomic mass is 32.2. The van der Waals surface area contributed by atoms with Crippen molar-refractivity contribution >= 4 is 11.8 Å². The van der Waals surface area contributed by atoms with Crippen LogP contribution >= 0.6 is 11.8 Å². The lowest BCUT2D eigenvalue weighted by molar-refractivity contribution is 0.548. The molecule has 0 heterocycles. The van der Waals surface area contributed by atoms with Crippen LogP contribution in [0.15, 0.2) is 18.2 Å². The molecule has 0 saturated heterocycles. The SMILES string of the molecule is CCCNC(CSC)c1cc(F)cc(F)c1. The van der Waals surface area contributed by atoms with E-state index in [2.05, 4.69) is 12.2 Å². The first kappa shape index (κ1) is 13.5. The highest BCUT2D eigenvalue weighted by molar-refractivity contribution is 7.98. The molecule has 0 radical (unpaired) electrons. The van der Waals surface area contributed by atoms with Gasteiger partial charge in [0.25, 0.3) is 0 Å². The third-order valence-corrected chi connectivity index (χ3v) is 2.93. The van der Waals surface area contributed by atoms with Crippen molar-refractivity contribution in [3.63, 3.8) is 0 Å². The second-order valence-corrected chi connectivity index (χ2v) is 4.58. The average Bonchev–Trinajstić information content (AvgIpc) is 2.22. The maximum absolute atomic E-state index is 13.1. The number of halogens is 2. The van der Waals surface area contributed by atoms with Crippen molar-refractivity contribution in [3.8, 4) is 0 Å². The molecule has 1 atom stereocenters. The Morgan fingerprint density at radius 1 is 1.25 bits per heavy atom. The van der Waals surface area contributed by atoms with Gasteiger partial charge in [-0.3, -0.25) is 0 Å². The number of hydrogen-bond acceptors (Lipinski definition) is 2. The Balaban J connectivity index is 2.82. The summed E-state index contributed by atoms with van der Waals surface area (Å²) in [5, 5.41) is 3.29. The highest BCUT2D eigenvalue weighted by Crippen LogP contribution is 2.19. The summed E-state index contributed by atoms with van der Waals surface area (Å²) in [7, 11) is 0. The van der Waals surface area contributed by atoms with Crippen LogP contribution in [0.2, 0.25) is 0 Å². The molecule has 1 nitrogen and oxygen atoms in total. The van der Waals surface area contributed by atoms with Gasteiger partial charge in [0.1, 0.15) is 11.6 Å². The van der Waals surface area contributed by atoms with E-state index in [0.717, 1.165) is 24.8 Å². The van der Waals surface area contributed by atoms with E-state index in [4.69, 9.17) is 0 Å². The molecule has 1 rings (SSSR count). The van der Waals surface area contributed by atoms with Gasteiger partial charge in [0, 0.05) is 17.9 Å². The van der Waals surface area contributed by atoms with Crippen LogP contribution in [0.5, 0.6) is 0 Å². The molecular formula is C12H17F2NS. The van der Waals surface area contributed by atoms with Crippen molar-refractivity contribution in [2.75, 3.05) is 18.6 Å². The second kappa shape index (κ2) is 6.86. The number of hydrogen-bond donors (Lipinski definition) is 1. The molecule has 1 aromatic rings. The summed E-state index contributed by atoms with van der Waals surface area (Å²) in [4.78, 5) is 0. The fraction of sp³-hybridized carbons (Fsp3) is 0.500. The van der Waals surface area contributed by atoms with Gasteiger partial charge < -0.3 is 5.32 Å². The lowest BCUT2D eigenvalue weighted by Crippen LogP contribution is -2.24. The van der Waals surface area contributed by atoms with Gasteiger partial charge in [-0.15, -0.1) is 0 Å². The first-order valence-electron chi connectivity index (χ1n) is 5.35. The van der Waals surface area contributed by atoms with Crippen molar-refractivity contribution in [2.24, 2.45) is 0 Å². The first-order chi connectivity index (χ1) is 7.67. The van der Waals surface area contributed by atoms with E-state index in [1.807, 2.05) is 6.26 Å². The summed E-state index contributed by atoms with van der Waals surface area (Å²) in [6, 6.07) is 3.71. The maximum Gasteiger partial charge on any atom is 0.126 e. The van der Waals surface area contributed by atoms with Gasteiger partial charge in [0.05, 0.1) is 0 Å². The van der Waals surface area contributed by atoms with Gasteiger partial charge in [-0.05, 0) is 36.9 Å². The van der Waals surface area contributed by atoms with Crippen LogP contribution in [-0.2, 0) is 0 Å². The highest BCUT2D eigenvalue weighted by Gasteiger charge is 2.12. The van der Waals surface area contributed by atoms with Crippen LogP contribution in [0.1, 0.15) is 24.9 Å². The van der Waals surface area contributed by atoms with Gasteiger partial charge in [0.15, 0.2) is 0 Å². The molecule has 0 spiro atoms. The van der Waals surface area contributed by atoms with Crippen LogP contribution in [0.4, 0.5) is 8.78 Å². The van der Waals surface area contributed by atoms with Crippen LogP contribution < -0.4 is 5.32 Å². The molecule has 0 amide bonds. The van der Waals surface area contributed by atoms with Crippen LogP contribution in [0.3, 0.4) is 0 Å². The molecule has 4 heteroatoms. The number of benzene rings is 1. The fourth-order valence-electron chi connectivity index (χ4n) is 1.53. The van der Waals surface area contributed by atoms with E-state index in [1.165, 1.54) is 12.1 Å². The summed E-state index contributed by atoms with van der Waals surface area (Å²) < 4.78 is 26.2. The third-order valence-electron chi connectivity index (χ3n) is 2.26. The van der Waals surface area contributed by atoms with E-state index in [-0.39, 0.29) is 6.04 Å². The van der Waals surface area contributed by atoms with Crippen molar-refractivity contribution < 1.29 is 8.78 Å². The molecule has 0 aliphatic rings. The Morgan fingerprint density at radius 3 is 2.38 bits per heavy atom. The molecule has 0 saturated carbocycles. The van der Waals surface area contributed by atoms with Gasteiger partial charge in [-0.2, -0.15) is 11.8 Å². The summed E-state index contributed by atoms with van der Waals surface area (Å²) in [5.41, 5.74) is 0.681. The minimum Gasteiger partial charge on any atom is -0.309 e. The van der Waals surface area contributed by atoms with Crippen molar-refractivity contribution in [1.82, 2.24) is 5.32 Å². The molecule has 90 valence electrons. The van der Waals surface area contributed by atoms with E-state index in [9.17, 15) is 8.78 Å². The predicted octanol–water partition coefficient (Wildman–Crippen LogP) is 3.37. The standard InChI is InChI=1S/C12H17F2NS/c1-3-4-15-12(8-16-2)9-5-10(13)7-11(14)6-9/h5-7,12,15H,3-4,8H2,1-2H3. The molecule has 0 aliphatic heterocycles. The van der Waals surface area contributed by atoms with Crippen molar-refractivity contribution in [1.29, 1.82) is 0 Å². The molecule has 1 unspecified atom stereocenters. The Labute approximate surface area is 99.6 Å². The van der Waals surface area contributed by atoms with Crippen LogP contribution in [0.25, 0.3) is 0 Å². The van der Waals surface area contributed by atoms with Gasteiger partial charge in [0.2, 0.25) is 0 Å². The Morgan fingerprint density at radius 2 is 1.88 bits per heavy atom. The molecule has 1 N–H and O–H groups in total. The van der Waals surface area contributed by atoms with Crippen molar-refractivity contribution in [2.45, 2.75) is 19.4 Å². The average molecular weight is 245 g/mol. The smallest absolute Gasteiger partial charge is 0.126 e. The Hall–Kier alpha value is -0.610. The quantitative estimate of drug-likeness (QED) is 0.824. The third kappa shape index (κ3) is 4.10.